The fraction of sp³-hybridized carbons (Fsp3) is 0.667. The lowest BCUT2D eigenvalue weighted by Gasteiger charge is -2.51. The summed E-state index contributed by atoms with van der Waals surface area (Å²) >= 11 is 0. The van der Waals surface area contributed by atoms with Gasteiger partial charge < -0.3 is 4.42 Å². The van der Waals surface area contributed by atoms with Crippen LogP contribution in [0.3, 0.4) is 0 Å². The molecule has 1 unspecified atom stereocenters. The summed E-state index contributed by atoms with van der Waals surface area (Å²) in [5.74, 6) is 1.81. The van der Waals surface area contributed by atoms with Gasteiger partial charge in [-0.05, 0) is 25.2 Å². The van der Waals surface area contributed by atoms with Crippen molar-refractivity contribution in [1.29, 1.82) is 0 Å². The van der Waals surface area contributed by atoms with Gasteiger partial charge in [-0.25, -0.2) is 0 Å². The Morgan fingerprint density at radius 1 is 1.21 bits per heavy atom. The highest BCUT2D eigenvalue weighted by molar-refractivity contribution is 5.86. The van der Waals surface area contributed by atoms with Crippen molar-refractivity contribution in [2.45, 2.75) is 58.8 Å². The van der Waals surface area contributed by atoms with Crippen LogP contribution in [0.1, 0.15) is 57.2 Å². The number of hydrogen-bond acceptors (Lipinski definition) is 5. The molecule has 0 amide bonds. The Morgan fingerprint density at radius 2 is 1.96 bits per heavy atom. The minimum atomic E-state index is -0.288. The number of aryl methyl sites for hydroxylation is 2. The minimum Gasteiger partial charge on any atom is -0.420 e. The number of fused-ring (bicyclic) bond motifs is 3. The van der Waals surface area contributed by atoms with Crippen molar-refractivity contribution < 1.29 is 9.21 Å². The fourth-order valence-electron chi connectivity index (χ4n) is 5.04. The van der Waals surface area contributed by atoms with Crippen molar-refractivity contribution in [3.63, 3.8) is 0 Å². The van der Waals surface area contributed by atoms with Crippen molar-refractivity contribution in [3.8, 4) is 11.6 Å². The van der Waals surface area contributed by atoms with E-state index in [-0.39, 0.29) is 10.8 Å². The van der Waals surface area contributed by atoms with Crippen molar-refractivity contribution in [1.82, 2.24) is 20.0 Å². The number of ketones is 1. The topological polar surface area (TPSA) is 73.8 Å². The van der Waals surface area contributed by atoms with Gasteiger partial charge in [0.25, 0.3) is 5.89 Å². The normalized spacial score (nSPS) is 28.5. The van der Waals surface area contributed by atoms with Gasteiger partial charge in [-0.15, -0.1) is 10.2 Å². The third-order valence-corrected chi connectivity index (χ3v) is 6.33. The maximum Gasteiger partial charge on any atom is 0.266 e. The van der Waals surface area contributed by atoms with E-state index in [0.717, 1.165) is 30.7 Å². The average Bonchev–Trinajstić information content (AvgIpc) is 3.07. The molecule has 0 bridgehead atoms. The zero-order valence-corrected chi connectivity index (χ0v) is 15.0. The molecule has 0 aliphatic heterocycles. The summed E-state index contributed by atoms with van der Waals surface area (Å²) in [6, 6.07) is 0. The van der Waals surface area contributed by atoms with E-state index in [2.05, 4.69) is 31.0 Å². The van der Waals surface area contributed by atoms with Gasteiger partial charge in [-0.1, -0.05) is 20.8 Å². The number of nitrogens with zero attached hydrogens (tertiary/aromatic N) is 4. The second-order valence-electron chi connectivity index (χ2n) is 8.08. The third-order valence-electron chi connectivity index (χ3n) is 6.33. The molecule has 2 aromatic heterocycles. The predicted octanol–water partition coefficient (Wildman–Crippen LogP) is 2.99. The number of hydrogen-bond donors (Lipinski definition) is 0. The van der Waals surface area contributed by atoms with Crippen LogP contribution in [0.25, 0.3) is 11.6 Å². The van der Waals surface area contributed by atoms with Gasteiger partial charge in [-0.3, -0.25) is 9.48 Å². The highest BCUT2D eigenvalue weighted by atomic mass is 16.4. The Balaban J connectivity index is 1.87. The second-order valence-corrected chi connectivity index (χ2v) is 8.08. The van der Waals surface area contributed by atoms with Crippen molar-refractivity contribution in [2.24, 2.45) is 18.4 Å². The fourth-order valence-corrected chi connectivity index (χ4v) is 5.04. The molecule has 4 rings (SSSR count). The Bertz CT molecular complexity index is 832. The largest absolute Gasteiger partial charge is 0.420 e. The van der Waals surface area contributed by atoms with E-state index in [0.29, 0.717) is 29.9 Å². The molecule has 0 spiro atoms. The number of Topliss-reactive ketones (excluding diaryl/α,β-unsaturated/α-hetero) is 1. The SMILES string of the molecule is Cc1nnc(-c2c3c(nn2C)C2(C)CCC(=O)C(C)(C)[C@@H]2CC3)o1. The minimum absolute atomic E-state index is 0.0733. The van der Waals surface area contributed by atoms with E-state index in [1.54, 1.807) is 6.92 Å². The van der Waals surface area contributed by atoms with E-state index >= 15 is 0 Å². The van der Waals surface area contributed by atoms with Crippen LogP contribution in [0.5, 0.6) is 0 Å². The van der Waals surface area contributed by atoms with Gasteiger partial charge in [0.2, 0.25) is 5.89 Å². The quantitative estimate of drug-likeness (QED) is 0.804. The zero-order chi connectivity index (χ0) is 17.3. The molecule has 2 heterocycles. The molecule has 2 aliphatic carbocycles. The molecule has 0 aromatic carbocycles. The summed E-state index contributed by atoms with van der Waals surface area (Å²) in [5, 5.41) is 13.0. The van der Waals surface area contributed by atoms with E-state index in [9.17, 15) is 4.79 Å². The third kappa shape index (κ3) is 1.88. The summed E-state index contributed by atoms with van der Waals surface area (Å²) in [6.45, 7) is 8.28. The van der Waals surface area contributed by atoms with Crippen LogP contribution in [-0.4, -0.2) is 25.8 Å². The van der Waals surface area contributed by atoms with Gasteiger partial charge in [0.15, 0.2) is 0 Å². The summed E-state index contributed by atoms with van der Waals surface area (Å²) in [4.78, 5) is 12.5. The molecule has 1 fully saturated rings. The van der Waals surface area contributed by atoms with Crippen molar-refractivity contribution in [3.05, 3.63) is 17.1 Å². The molecule has 24 heavy (non-hydrogen) atoms. The number of aromatic nitrogens is 4. The van der Waals surface area contributed by atoms with Gasteiger partial charge >= 0.3 is 0 Å². The number of carbonyl (C=O) groups is 1. The first-order valence-corrected chi connectivity index (χ1v) is 8.65. The first-order valence-electron chi connectivity index (χ1n) is 8.65. The molecule has 0 radical (unpaired) electrons. The lowest BCUT2D eigenvalue weighted by atomic mass is 9.51. The molecule has 2 aromatic rings. The number of rotatable bonds is 1. The first-order chi connectivity index (χ1) is 11.2. The standard InChI is InChI=1S/C18H24N4O2/c1-10-19-20-16(24-10)14-11-6-7-12-17(2,3)13(23)8-9-18(12,4)15(11)21-22(14)5/h12H,6-9H2,1-5H3/t12-,18?/m0/s1. The molecular weight excluding hydrogens is 304 g/mol. The van der Waals surface area contributed by atoms with Crippen LogP contribution in [0, 0.1) is 18.3 Å². The Morgan fingerprint density at radius 3 is 2.62 bits per heavy atom. The molecule has 2 atom stereocenters. The molecule has 6 heteroatoms. The van der Waals surface area contributed by atoms with Crippen LogP contribution in [0.15, 0.2) is 4.42 Å². The van der Waals surface area contributed by atoms with E-state index < -0.39 is 0 Å². The molecule has 6 nitrogen and oxygen atoms in total. The van der Waals surface area contributed by atoms with Crippen LogP contribution < -0.4 is 0 Å². The Kier molecular flexibility index (Phi) is 3.09. The maximum atomic E-state index is 12.5. The summed E-state index contributed by atoms with van der Waals surface area (Å²) in [6.07, 6.45) is 3.39. The average molecular weight is 328 g/mol. The molecule has 128 valence electrons. The van der Waals surface area contributed by atoms with Crippen LogP contribution in [0.4, 0.5) is 0 Å². The lowest BCUT2D eigenvalue weighted by molar-refractivity contribution is -0.137. The smallest absolute Gasteiger partial charge is 0.266 e. The number of carbonyl (C=O) groups excluding carboxylic acids is 1. The van der Waals surface area contributed by atoms with E-state index in [1.807, 2.05) is 11.7 Å². The molecule has 0 saturated heterocycles. The summed E-state index contributed by atoms with van der Waals surface area (Å²) in [7, 11) is 1.94. The predicted molar refractivity (Wildman–Crippen MR) is 88.4 cm³/mol. The van der Waals surface area contributed by atoms with Crippen molar-refractivity contribution >= 4 is 5.78 Å². The molecule has 0 N–H and O–H groups in total. The molecule has 1 saturated carbocycles. The van der Waals surface area contributed by atoms with Gasteiger partial charge in [0.1, 0.15) is 11.5 Å². The monoisotopic (exact) mass is 328 g/mol. The Hall–Kier alpha value is -1.98. The zero-order valence-electron chi connectivity index (χ0n) is 15.0. The van der Waals surface area contributed by atoms with E-state index in [4.69, 9.17) is 9.52 Å². The second kappa shape index (κ2) is 4.77. The lowest BCUT2D eigenvalue weighted by Crippen LogP contribution is -2.52. The van der Waals surface area contributed by atoms with Crippen LogP contribution in [0.2, 0.25) is 0 Å². The highest BCUT2D eigenvalue weighted by Gasteiger charge is 2.55. The van der Waals surface area contributed by atoms with E-state index in [1.165, 1.54) is 5.56 Å². The summed E-state index contributed by atoms with van der Waals surface area (Å²) in [5.41, 5.74) is 2.90. The summed E-state index contributed by atoms with van der Waals surface area (Å²) < 4.78 is 7.53. The van der Waals surface area contributed by atoms with Gasteiger partial charge in [0, 0.05) is 36.8 Å². The molecular formula is C18H24N4O2. The Labute approximate surface area is 141 Å². The van der Waals surface area contributed by atoms with Crippen molar-refractivity contribution in [2.75, 3.05) is 0 Å². The molecule has 2 aliphatic rings. The van der Waals surface area contributed by atoms with Crippen LogP contribution >= 0.6 is 0 Å². The van der Waals surface area contributed by atoms with Gasteiger partial charge in [-0.2, -0.15) is 5.10 Å². The van der Waals surface area contributed by atoms with Crippen LogP contribution in [-0.2, 0) is 23.7 Å². The maximum absolute atomic E-state index is 12.5. The van der Waals surface area contributed by atoms with Gasteiger partial charge in [0.05, 0.1) is 5.69 Å². The highest BCUT2D eigenvalue weighted by Crippen LogP contribution is 2.56. The first kappa shape index (κ1) is 15.5.